The molecule has 1 heterocycles. The number of benzene rings is 1. The van der Waals surface area contributed by atoms with Crippen molar-refractivity contribution < 1.29 is 9.63 Å². The molecule has 0 saturated heterocycles. The van der Waals surface area contributed by atoms with Crippen molar-refractivity contribution in [2.75, 3.05) is 20.1 Å². The molecule has 1 unspecified atom stereocenters. The second kappa shape index (κ2) is 7.10. The number of hydrogen-bond acceptors (Lipinski definition) is 5. The first-order valence-corrected chi connectivity index (χ1v) is 7.75. The summed E-state index contributed by atoms with van der Waals surface area (Å²) in [5.41, 5.74) is 0.936. The van der Waals surface area contributed by atoms with Gasteiger partial charge in [-0.05, 0) is 12.5 Å². The van der Waals surface area contributed by atoms with Gasteiger partial charge in [-0.15, -0.1) is 0 Å². The fourth-order valence-corrected chi connectivity index (χ4v) is 2.73. The van der Waals surface area contributed by atoms with E-state index in [-0.39, 0.29) is 12.0 Å². The summed E-state index contributed by atoms with van der Waals surface area (Å²) in [6, 6.07) is 9.33. The van der Waals surface area contributed by atoms with Gasteiger partial charge in [-0.1, -0.05) is 56.3 Å². The second-order valence-electron chi connectivity index (χ2n) is 7.16. The van der Waals surface area contributed by atoms with Crippen LogP contribution in [0.15, 0.2) is 39.6 Å². The van der Waals surface area contributed by atoms with Crippen molar-refractivity contribution in [1.29, 1.82) is 0 Å². The number of rotatable bonds is 6. The Morgan fingerprint density at radius 1 is 1.30 bits per heavy atom. The molecule has 1 atom stereocenters. The average Bonchev–Trinajstić information content (AvgIpc) is 2.79. The summed E-state index contributed by atoms with van der Waals surface area (Å²) in [5.74, 6) is -0.116. The molecule has 23 heavy (non-hydrogen) atoms. The van der Waals surface area contributed by atoms with Gasteiger partial charge in [-0.25, -0.2) is 4.79 Å². The van der Waals surface area contributed by atoms with E-state index >= 15 is 0 Å². The Bertz CT molecular complexity index is 670. The third-order valence-electron chi connectivity index (χ3n) is 3.38. The smallest absolute Gasteiger partial charge is 0.390 e. The highest BCUT2D eigenvalue weighted by Crippen LogP contribution is 2.16. The molecule has 0 amide bonds. The first kappa shape index (κ1) is 17.4. The molecule has 0 bridgehead atoms. The number of hydrogen-bond donors (Lipinski definition) is 1. The van der Waals surface area contributed by atoms with Crippen molar-refractivity contribution >= 4 is 0 Å². The summed E-state index contributed by atoms with van der Waals surface area (Å²) in [4.78, 5) is 13.9. The molecule has 1 aromatic carbocycles. The van der Waals surface area contributed by atoms with Gasteiger partial charge in [-0.2, -0.15) is 0 Å². The van der Waals surface area contributed by atoms with E-state index in [2.05, 4.69) is 30.8 Å². The SMILES string of the molecule is CN(CC(O)Cn1c(-c2ccccc2)noc1=O)CC(C)(C)C. The number of aliphatic hydroxyl groups excluding tert-OH is 1. The van der Waals surface area contributed by atoms with Crippen molar-refractivity contribution in [1.82, 2.24) is 14.6 Å². The molecule has 0 saturated carbocycles. The normalized spacial score (nSPS) is 13.5. The third kappa shape index (κ3) is 5.04. The molecule has 0 radical (unpaired) electrons. The van der Waals surface area contributed by atoms with Crippen LogP contribution < -0.4 is 5.76 Å². The molecule has 1 N–H and O–H groups in total. The first-order chi connectivity index (χ1) is 10.8. The summed E-state index contributed by atoms with van der Waals surface area (Å²) >= 11 is 0. The minimum atomic E-state index is -0.679. The van der Waals surface area contributed by atoms with Gasteiger partial charge < -0.3 is 10.0 Å². The molecule has 2 aromatic rings. The van der Waals surface area contributed by atoms with Crippen LogP contribution in [-0.2, 0) is 6.54 Å². The average molecular weight is 319 g/mol. The van der Waals surface area contributed by atoms with Crippen LogP contribution in [0.1, 0.15) is 20.8 Å². The number of aromatic nitrogens is 2. The topological polar surface area (TPSA) is 71.5 Å². The molecule has 0 aliphatic carbocycles. The third-order valence-corrected chi connectivity index (χ3v) is 3.38. The Morgan fingerprint density at radius 2 is 1.96 bits per heavy atom. The molecule has 6 nitrogen and oxygen atoms in total. The minimum absolute atomic E-state index is 0.150. The summed E-state index contributed by atoms with van der Waals surface area (Å²) < 4.78 is 6.15. The maximum atomic E-state index is 11.9. The molecule has 0 fully saturated rings. The van der Waals surface area contributed by atoms with Crippen molar-refractivity contribution in [3.8, 4) is 11.4 Å². The number of aliphatic hydroxyl groups is 1. The Morgan fingerprint density at radius 3 is 2.57 bits per heavy atom. The van der Waals surface area contributed by atoms with E-state index in [1.165, 1.54) is 4.57 Å². The lowest BCUT2D eigenvalue weighted by Gasteiger charge is -2.28. The van der Waals surface area contributed by atoms with E-state index in [9.17, 15) is 9.90 Å². The van der Waals surface area contributed by atoms with Crippen molar-refractivity contribution in [3.05, 3.63) is 40.9 Å². The van der Waals surface area contributed by atoms with Gasteiger partial charge in [0, 0.05) is 18.7 Å². The van der Waals surface area contributed by atoms with Crippen LogP contribution in [0.4, 0.5) is 0 Å². The van der Waals surface area contributed by atoms with Crippen LogP contribution in [0.5, 0.6) is 0 Å². The number of likely N-dealkylation sites (N-methyl/N-ethyl adjacent to an activating group) is 1. The Hall–Kier alpha value is -1.92. The van der Waals surface area contributed by atoms with Gasteiger partial charge in [0.1, 0.15) is 0 Å². The molecule has 1 aromatic heterocycles. The second-order valence-corrected chi connectivity index (χ2v) is 7.16. The van der Waals surface area contributed by atoms with Crippen LogP contribution in [-0.4, -0.2) is 46.0 Å². The molecular formula is C17H25N3O3. The minimum Gasteiger partial charge on any atom is -0.390 e. The van der Waals surface area contributed by atoms with E-state index in [1.54, 1.807) is 0 Å². The maximum Gasteiger partial charge on any atom is 0.441 e. The van der Waals surface area contributed by atoms with Gasteiger partial charge in [0.25, 0.3) is 0 Å². The standard InChI is InChI=1S/C17H25N3O3/c1-17(2,3)12-19(4)10-14(21)11-20-15(18-23-16(20)22)13-8-6-5-7-9-13/h5-9,14,21H,10-12H2,1-4H3. The van der Waals surface area contributed by atoms with Crippen LogP contribution in [0, 0.1) is 5.41 Å². The van der Waals surface area contributed by atoms with Gasteiger partial charge in [0.05, 0.1) is 12.6 Å². The number of nitrogens with zero attached hydrogens (tertiary/aromatic N) is 3. The van der Waals surface area contributed by atoms with Gasteiger partial charge in [0.15, 0.2) is 5.82 Å². The van der Waals surface area contributed by atoms with E-state index < -0.39 is 11.9 Å². The van der Waals surface area contributed by atoms with Gasteiger partial charge in [-0.3, -0.25) is 9.09 Å². The van der Waals surface area contributed by atoms with Gasteiger partial charge in [0.2, 0.25) is 0 Å². The molecule has 126 valence electrons. The first-order valence-electron chi connectivity index (χ1n) is 7.75. The fraction of sp³-hybridized carbons (Fsp3) is 0.529. The molecule has 0 aliphatic heterocycles. The molecule has 6 heteroatoms. The van der Waals surface area contributed by atoms with E-state index in [4.69, 9.17) is 4.52 Å². The highest BCUT2D eigenvalue weighted by Gasteiger charge is 2.19. The molecule has 2 rings (SSSR count). The largest absolute Gasteiger partial charge is 0.441 e. The van der Waals surface area contributed by atoms with Gasteiger partial charge >= 0.3 is 5.76 Å². The zero-order valence-electron chi connectivity index (χ0n) is 14.2. The lowest BCUT2D eigenvalue weighted by atomic mass is 9.96. The van der Waals surface area contributed by atoms with Crippen LogP contribution >= 0.6 is 0 Å². The zero-order chi connectivity index (χ0) is 17.0. The maximum absolute atomic E-state index is 11.9. The van der Waals surface area contributed by atoms with E-state index in [0.29, 0.717) is 12.4 Å². The zero-order valence-corrected chi connectivity index (χ0v) is 14.2. The van der Waals surface area contributed by atoms with E-state index in [0.717, 1.165) is 12.1 Å². The summed E-state index contributed by atoms with van der Waals surface area (Å²) in [6.07, 6.45) is -0.679. The lowest BCUT2D eigenvalue weighted by molar-refractivity contribution is 0.0933. The summed E-state index contributed by atoms with van der Waals surface area (Å²) in [6.45, 7) is 7.92. The highest BCUT2D eigenvalue weighted by atomic mass is 16.5. The van der Waals surface area contributed by atoms with Crippen molar-refractivity contribution in [2.24, 2.45) is 5.41 Å². The molecule has 0 aliphatic rings. The Balaban J connectivity index is 2.09. The quantitative estimate of drug-likeness (QED) is 0.879. The van der Waals surface area contributed by atoms with E-state index in [1.807, 2.05) is 37.4 Å². The van der Waals surface area contributed by atoms with Crippen LogP contribution in [0.2, 0.25) is 0 Å². The molecular weight excluding hydrogens is 294 g/mol. The Kier molecular flexibility index (Phi) is 5.38. The molecule has 0 spiro atoms. The highest BCUT2D eigenvalue weighted by molar-refractivity contribution is 5.54. The Labute approximate surface area is 136 Å². The predicted octanol–water partition coefficient (Wildman–Crippen LogP) is 1.84. The van der Waals surface area contributed by atoms with Crippen molar-refractivity contribution in [2.45, 2.75) is 33.4 Å². The van der Waals surface area contributed by atoms with Crippen molar-refractivity contribution in [3.63, 3.8) is 0 Å². The monoisotopic (exact) mass is 319 g/mol. The fourth-order valence-electron chi connectivity index (χ4n) is 2.73. The predicted molar refractivity (Wildman–Crippen MR) is 89.2 cm³/mol. The van der Waals surface area contributed by atoms with Crippen LogP contribution in [0.25, 0.3) is 11.4 Å². The summed E-state index contributed by atoms with van der Waals surface area (Å²) in [5, 5.41) is 14.1. The lowest BCUT2D eigenvalue weighted by Crippen LogP contribution is -2.38. The summed E-state index contributed by atoms with van der Waals surface area (Å²) in [7, 11) is 1.96. The van der Waals surface area contributed by atoms with Crippen LogP contribution in [0.3, 0.4) is 0 Å².